The molecule has 0 aromatic heterocycles. The van der Waals surface area contributed by atoms with Gasteiger partial charge in [-0.2, -0.15) is 0 Å². The summed E-state index contributed by atoms with van der Waals surface area (Å²) in [5.74, 6) is 2.07. The summed E-state index contributed by atoms with van der Waals surface area (Å²) in [6.45, 7) is 2.45. The molecule has 174 valence electrons. The molecule has 2 atom stereocenters. The largest absolute Gasteiger partial charge is 0.497 e. The number of hydrogen-bond acceptors (Lipinski definition) is 6. The van der Waals surface area contributed by atoms with E-state index in [-0.39, 0.29) is 29.9 Å². The summed E-state index contributed by atoms with van der Waals surface area (Å²) in [4.78, 5) is 26.1. The monoisotopic (exact) mass is 451 g/mol. The molecule has 2 aromatic carbocycles. The summed E-state index contributed by atoms with van der Waals surface area (Å²) >= 11 is 0. The smallest absolute Gasteiger partial charge is 0.225 e. The average molecular weight is 452 g/mol. The molecule has 0 saturated heterocycles. The van der Waals surface area contributed by atoms with E-state index in [1.165, 1.54) is 0 Å². The van der Waals surface area contributed by atoms with Crippen LogP contribution in [0.15, 0.2) is 47.7 Å². The fourth-order valence-corrected chi connectivity index (χ4v) is 4.79. The molecule has 2 aliphatic rings. The molecule has 33 heavy (non-hydrogen) atoms. The molecular weight excluding hydrogens is 422 g/mol. The number of benzene rings is 2. The van der Waals surface area contributed by atoms with Crippen molar-refractivity contribution < 1.29 is 28.5 Å². The third kappa shape index (κ3) is 4.40. The molecular formula is C26H29NO6. The molecule has 0 radical (unpaired) electrons. The van der Waals surface area contributed by atoms with Crippen molar-refractivity contribution in [2.75, 3.05) is 27.9 Å². The third-order valence-corrected chi connectivity index (χ3v) is 6.31. The third-order valence-electron chi connectivity index (χ3n) is 6.31. The summed E-state index contributed by atoms with van der Waals surface area (Å²) in [7, 11) is 4.77. The predicted octanol–water partition coefficient (Wildman–Crippen LogP) is 4.12. The number of carbonyl (C=O) groups is 2. The first kappa shape index (κ1) is 22.7. The minimum atomic E-state index is -0.373. The van der Waals surface area contributed by atoms with Crippen molar-refractivity contribution in [1.29, 1.82) is 0 Å². The lowest BCUT2D eigenvalue weighted by Gasteiger charge is -2.35. The van der Waals surface area contributed by atoms with Crippen molar-refractivity contribution >= 4 is 11.7 Å². The summed E-state index contributed by atoms with van der Waals surface area (Å²) in [6.07, 6.45) is 1.11. The number of hydrogen-bond donors (Lipinski definition) is 1. The van der Waals surface area contributed by atoms with Gasteiger partial charge < -0.3 is 24.3 Å². The molecule has 4 rings (SSSR count). The predicted molar refractivity (Wildman–Crippen MR) is 123 cm³/mol. The van der Waals surface area contributed by atoms with E-state index in [4.69, 9.17) is 18.9 Å². The maximum atomic E-state index is 13.4. The van der Waals surface area contributed by atoms with Gasteiger partial charge in [-0.3, -0.25) is 9.59 Å². The van der Waals surface area contributed by atoms with Gasteiger partial charge in [-0.15, -0.1) is 0 Å². The minimum absolute atomic E-state index is 0.0315. The van der Waals surface area contributed by atoms with E-state index in [2.05, 4.69) is 5.32 Å². The van der Waals surface area contributed by atoms with E-state index < -0.39 is 0 Å². The normalized spacial score (nSPS) is 20.1. The van der Waals surface area contributed by atoms with Gasteiger partial charge in [0.25, 0.3) is 0 Å². The topological polar surface area (TPSA) is 83.1 Å². The van der Waals surface area contributed by atoms with Crippen molar-refractivity contribution in [2.45, 2.75) is 38.0 Å². The summed E-state index contributed by atoms with van der Waals surface area (Å²) in [5, 5.41) is 2.97. The van der Waals surface area contributed by atoms with Crippen LogP contribution in [0.5, 0.6) is 23.0 Å². The highest BCUT2D eigenvalue weighted by molar-refractivity contribution is 6.02. The van der Waals surface area contributed by atoms with Crippen LogP contribution >= 0.6 is 0 Å². The van der Waals surface area contributed by atoms with Gasteiger partial charge in [0.05, 0.1) is 27.9 Å². The number of rotatable bonds is 7. The highest BCUT2D eigenvalue weighted by Crippen LogP contribution is 2.46. The molecule has 0 bridgehead atoms. The quantitative estimate of drug-likeness (QED) is 0.682. The van der Waals surface area contributed by atoms with Crippen molar-refractivity contribution in [3.63, 3.8) is 0 Å². The number of carbonyl (C=O) groups excluding carboxylic acids is 2. The molecule has 0 saturated carbocycles. The number of Topliss-reactive ketones (excluding diaryl/α,β-unsaturated/α-hetero) is 1. The number of amides is 1. The number of allylic oxidation sites excluding steroid dienone is 2. The van der Waals surface area contributed by atoms with E-state index in [0.717, 1.165) is 11.1 Å². The van der Waals surface area contributed by atoms with Gasteiger partial charge in [0.1, 0.15) is 11.5 Å². The molecule has 2 aromatic rings. The van der Waals surface area contributed by atoms with Gasteiger partial charge >= 0.3 is 0 Å². The number of ether oxygens (including phenoxy) is 4. The highest BCUT2D eigenvalue weighted by Gasteiger charge is 2.39. The summed E-state index contributed by atoms with van der Waals surface area (Å²) in [5.41, 5.74) is 3.12. The van der Waals surface area contributed by atoms with E-state index >= 15 is 0 Å². The van der Waals surface area contributed by atoms with Crippen LogP contribution in [-0.4, -0.2) is 39.6 Å². The first-order valence-corrected chi connectivity index (χ1v) is 11.1. The van der Waals surface area contributed by atoms with Gasteiger partial charge in [-0.25, -0.2) is 0 Å². The highest BCUT2D eigenvalue weighted by atomic mass is 16.5. The molecule has 7 nitrogen and oxygen atoms in total. The average Bonchev–Trinajstić information content (AvgIpc) is 2.83. The Morgan fingerprint density at radius 3 is 2.33 bits per heavy atom. The van der Waals surface area contributed by atoms with Crippen LogP contribution in [0.4, 0.5) is 0 Å². The zero-order valence-electron chi connectivity index (χ0n) is 19.4. The van der Waals surface area contributed by atoms with Crippen LogP contribution < -0.4 is 24.3 Å². The molecule has 1 aliphatic heterocycles. The van der Waals surface area contributed by atoms with Crippen molar-refractivity contribution in [1.82, 2.24) is 5.32 Å². The second-order valence-electron chi connectivity index (χ2n) is 8.18. The second kappa shape index (κ2) is 9.57. The van der Waals surface area contributed by atoms with Crippen LogP contribution in [0.1, 0.15) is 49.1 Å². The number of methoxy groups -OCH3 is 3. The van der Waals surface area contributed by atoms with Crippen molar-refractivity contribution in [3.8, 4) is 23.0 Å². The number of ketones is 1. The first-order chi connectivity index (χ1) is 16.0. The second-order valence-corrected chi connectivity index (χ2v) is 8.18. The molecule has 1 N–H and O–H groups in total. The van der Waals surface area contributed by atoms with Crippen molar-refractivity contribution in [2.24, 2.45) is 0 Å². The van der Waals surface area contributed by atoms with Crippen LogP contribution in [0.3, 0.4) is 0 Å². The Kier molecular flexibility index (Phi) is 6.58. The summed E-state index contributed by atoms with van der Waals surface area (Å²) < 4.78 is 22.0. The molecule has 1 amide bonds. The van der Waals surface area contributed by atoms with Crippen LogP contribution in [0.25, 0.3) is 0 Å². The van der Waals surface area contributed by atoms with Gasteiger partial charge in [0.15, 0.2) is 17.3 Å². The lowest BCUT2D eigenvalue weighted by Crippen LogP contribution is -2.38. The minimum Gasteiger partial charge on any atom is -0.497 e. The molecule has 7 heteroatoms. The molecule has 0 spiro atoms. The zero-order valence-corrected chi connectivity index (χ0v) is 19.4. The lowest BCUT2D eigenvalue weighted by molar-refractivity contribution is -0.122. The van der Waals surface area contributed by atoms with E-state index in [0.29, 0.717) is 53.7 Å². The van der Waals surface area contributed by atoms with Gasteiger partial charge in [-0.1, -0.05) is 6.07 Å². The zero-order chi connectivity index (χ0) is 23.5. The Balaban J connectivity index is 1.71. The van der Waals surface area contributed by atoms with E-state index in [9.17, 15) is 9.59 Å². The maximum Gasteiger partial charge on any atom is 0.225 e. The first-order valence-electron chi connectivity index (χ1n) is 11.1. The van der Waals surface area contributed by atoms with Gasteiger partial charge in [-0.05, 0) is 55.2 Å². The molecule has 1 aliphatic carbocycles. The van der Waals surface area contributed by atoms with Crippen LogP contribution in [-0.2, 0) is 9.59 Å². The number of nitrogens with one attached hydrogen (secondary N) is 1. The van der Waals surface area contributed by atoms with Gasteiger partial charge in [0.2, 0.25) is 5.91 Å². The van der Waals surface area contributed by atoms with Gasteiger partial charge in [0, 0.05) is 35.6 Å². The Bertz CT molecular complexity index is 1110. The van der Waals surface area contributed by atoms with Crippen LogP contribution in [0.2, 0.25) is 0 Å². The SMILES string of the molecule is CCOc1ccc(C2CC(=O)C3=C(C2)NC(=O)CC3c2cc(OC)ccc2OC)cc1OC. The lowest BCUT2D eigenvalue weighted by atomic mass is 9.73. The summed E-state index contributed by atoms with van der Waals surface area (Å²) in [6, 6.07) is 11.2. The molecule has 1 heterocycles. The van der Waals surface area contributed by atoms with E-state index in [1.807, 2.05) is 37.3 Å². The molecule has 0 fully saturated rings. The fraction of sp³-hybridized carbons (Fsp3) is 0.385. The Labute approximate surface area is 193 Å². The van der Waals surface area contributed by atoms with Crippen LogP contribution in [0, 0.1) is 0 Å². The Hall–Kier alpha value is -3.48. The molecule has 2 unspecified atom stereocenters. The standard InChI is InChI=1S/C26H29NO6/c1-5-33-23-8-6-15(12-24(23)32-4)16-10-20-26(21(28)11-16)19(14-25(29)27-20)18-13-17(30-2)7-9-22(18)31-3/h6-9,12-13,16,19H,5,10-11,14H2,1-4H3,(H,27,29). The Morgan fingerprint density at radius 1 is 0.879 bits per heavy atom. The van der Waals surface area contributed by atoms with Crippen molar-refractivity contribution in [3.05, 3.63) is 58.8 Å². The van der Waals surface area contributed by atoms with E-state index in [1.54, 1.807) is 27.4 Å². The Morgan fingerprint density at radius 2 is 1.64 bits per heavy atom. The maximum absolute atomic E-state index is 13.4. The fourth-order valence-electron chi connectivity index (χ4n) is 4.79.